The van der Waals surface area contributed by atoms with Gasteiger partial charge in [0.1, 0.15) is 5.82 Å². The van der Waals surface area contributed by atoms with Crippen LogP contribution in [0.5, 0.6) is 0 Å². The first-order chi connectivity index (χ1) is 20.7. The van der Waals surface area contributed by atoms with Gasteiger partial charge in [-0.25, -0.2) is 13.4 Å². The molecular weight excluding hydrogens is 556 g/mol. The first-order valence-corrected chi connectivity index (χ1v) is 18.4. The van der Waals surface area contributed by atoms with Gasteiger partial charge in [0.25, 0.3) is 0 Å². The summed E-state index contributed by atoms with van der Waals surface area (Å²) in [6.45, 7) is 4.93. The van der Waals surface area contributed by atoms with Crippen molar-refractivity contribution in [1.29, 1.82) is 0 Å². The Hall–Kier alpha value is -2.71. The molecule has 1 aromatic heterocycles. The van der Waals surface area contributed by atoms with Gasteiger partial charge >= 0.3 is 0 Å². The van der Waals surface area contributed by atoms with E-state index in [-0.39, 0.29) is 11.3 Å². The van der Waals surface area contributed by atoms with Crippen LogP contribution < -0.4 is 0 Å². The van der Waals surface area contributed by atoms with Crippen LogP contribution in [-0.4, -0.2) is 71.6 Å². The average Bonchev–Trinajstić information content (AvgIpc) is 3.71. The van der Waals surface area contributed by atoms with Crippen molar-refractivity contribution in [2.45, 2.75) is 106 Å². The molecule has 2 bridgehead atoms. The van der Waals surface area contributed by atoms with Crippen molar-refractivity contribution < 1.29 is 13.2 Å². The van der Waals surface area contributed by atoms with Crippen molar-refractivity contribution >= 4 is 26.8 Å². The van der Waals surface area contributed by atoms with E-state index < -0.39 is 9.84 Å². The van der Waals surface area contributed by atoms with Gasteiger partial charge in [-0.2, -0.15) is 0 Å². The van der Waals surface area contributed by atoms with Crippen molar-refractivity contribution in [3.63, 3.8) is 0 Å². The number of fused-ring (bicyclic) bond motifs is 3. The van der Waals surface area contributed by atoms with E-state index >= 15 is 0 Å². The zero-order valence-electron chi connectivity index (χ0n) is 25.7. The summed E-state index contributed by atoms with van der Waals surface area (Å²) < 4.78 is 26.6. The van der Waals surface area contributed by atoms with E-state index in [4.69, 9.17) is 4.98 Å². The molecule has 3 aliphatic heterocycles. The number of carbonyl (C=O) groups is 1. The first-order valence-electron chi connectivity index (χ1n) is 16.5. The number of imidazole rings is 1. The maximum absolute atomic E-state index is 13.2. The van der Waals surface area contributed by atoms with Gasteiger partial charge in [-0.05, 0) is 100 Å². The van der Waals surface area contributed by atoms with Crippen molar-refractivity contribution in [1.82, 2.24) is 19.4 Å². The molecule has 3 atom stereocenters. The SMILES string of the molecule is Cc1nc2cc(S(C)(=O)=O)ccc2n1[C@@H]1C[C@H]2CC[C@@H](C1)N2CCC1(c2ccccc2)CCN(C(=O)C2CCCC2)CC1. The summed E-state index contributed by atoms with van der Waals surface area (Å²) in [5.41, 5.74) is 3.39. The molecule has 43 heavy (non-hydrogen) atoms. The van der Waals surface area contributed by atoms with Gasteiger partial charge in [-0.15, -0.1) is 0 Å². The number of hydrogen-bond acceptors (Lipinski definition) is 5. The Morgan fingerprint density at radius 1 is 0.930 bits per heavy atom. The molecule has 3 saturated heterocycles. The van der Waals surface area contributed by atoms with Crippen LogP contribution in [0, 0.1) is 12.8 Å². The minimum atomic E-state index is -3.27. The summed E-state index contributed by atoms with van der Waals surface area (Å²) in [7, 11) is -3.27. The number of piperidine rings is 2. The molecule has 1 saturated carbocycles. The second kappa shape index (κ2) is 11.3. The highest BCUT2D eigenvalue weighted by atomic mass is 32.2. The number of hydrogen-bond donors (Lipinski definition) is 0. The Labute approximate surface area is 256 Å². The van der Waals surface area contributed by atoms with Crippen LogP contribution in [-0.2, 0) is 20.0 Å². The van der Waals surface area contributed by atoms with Gasteiger partial charge < -0.3 is 9.47 Å². The van der Waals surface area contributed by atoms with Gasteiger partial charge in [0.15, 0.2) is 9.84 Å². The minimum absolute atomic E-state index is 0.123. The number of rotatable bonds is 7. The molecule has 4 heterocycles. The maximum atomic E-state index is 13.2. The number of sulfone groups is 1. The van der Waals surface area contributed by atoms with Crippen LogP contribution in [0.3, 0.4) is 0 Å². The van der Waals surface area contributed by atoms with Crippen molar-refractivity contribution in [2.24, 2.45) is 5.92 Å². The Balaban J connectivity index is 1.06. The lowest BCUT2D eigenvalue weighted by Gasteiger charge is -2.46. The van der Waals surface area contributed by atoms with E-state index in [1.807, 2.05) is 6.07 Å². The molecule has 7 nitrogen and oxygen atoms in total. The minimum Gasteiger partial charge on any atom is -0.342 e. The molecule has 230 valence electrons. The van der Waals surface area contributed by atoms with E-state index in [0.717, 1.165) is 81.4 Å². The lowest BCUT2D eigenvalue weighted by Crippen LogP contribution is -2.49. The van der Waals surface area contributed by atoms with Crippen LogP contribution in [0.25, 0.3) is 11.0 Å². The number of aryl methyl sites for hydroxylation is 1. The molecule has 0 spiro atoms. The van der Waals surface area contributed by atoms with E-state index in [1.54, 1.807) is 12.1 Å². The number of benzene rings is 2. The molecule has 0 unspecified atom stereocenters. The van der Waals surface area contributed by atoms with E-state index in [0.29, 0.717) is 28.9 Å². The monoisotopic (exact) mass is 602 g/mol. The highest BCUT2D eigenvalue weighted by molar-refractivity contribution is 7.90. The third-order valence-electron chi connectivity index (χ3n) is 11.5. The summed E-state index contributed by atoms with van der Waals surface area (Å²) in [4.78, 5) is 23.3. The maximum Gasteiger partial charge on any atom is 0.225 e. The molecule has 4 aliphatic rings. The first kappa shape index (κ1) is 29.0. The van der Waals surface area contributed by atoms with Gasteiger partial charge in [0, 0.05) is 43.4 Å². The summed E-state index contributed by atoms with van der Waals surface area (Å²) in [6, 6.07) is 18.0. The van der Waals surface area contributed by atoms with Gasteiger partial charge in [0.2, 0.25) is 5.91 Å². The Morgan fingerprint density at radius 3 is 2.26 bits per heavy atom. The lowest BCUT2D eigenvalue weighted by molar-refractivity contribution is -0.137. The fourth-order valence-electron chi connectivity index (χ4n) is 9.12. The molecule has 4 fully saturated rings. The quantitative estimate of drug-likeness (QED) is 0.329. The van der Waals surface area contributed by atoms with Gasteiger partial charge in [0.05, 0.1) is 15.9 Å². The number of amides is 1. The molecule has 3 aromatic rings. The van der Waals surface area contributed by atoms with E-state index in [1.165, 1.54) is 37.5 Å². The van der Waals surface area contributed by atoms with Crippen LogP contribution in [0.15, 0.2) is 53.4 Å². The summed E-state index contributed by atoms with van der Waals surface area (Å²) >= 11 is 0. The van der Waals surface area contributed by atoms with E-state index in [9.17, 15) is 13.2 Å². The average molecular weight is 603 g/mol. The summed E-state index contributed by atoms with van der Waals surface area (Å²) in [5, 5.41) is 0. The fraction of sp³-hybridized carbons (Fsp3) is 0.600. The summed E-state index contributed by atoms with van der Waals surface area (Å²) in [5.74, 6) is 1.65. The molecule has 2 aromatic carbocycles. The second-order valence-electron chi connectivity index (χ2n) is 13.9. The Bertz CT molecular complexity index is 1570. The van der Waals surface area contributed by atoms with Crippen molar-refractivity contribution in [3.05, 3.63) is 59.9 Å². The molecule has 1 aliphatic carbocycles. The zero-order chi connectivity index (χ0) is 29.8. The van der Waals surface area contributed by atoms with Gasteiger partial charge in [-0.3, -0.25) is 9.69 Å². The molecule has 0 radical (unpaired) electrons. The highest BCUT2D eigenvalue weighted by Gasteiger charge is 2.44. The molecule has 1 amide bonds. The standard InChI is InChI=1S/C35H46N4O3S/c1-25-36-32-24-31(43(2,41)42)14-15-33(32)39(25)30-22-28-12-13-29(23-30)38(28)21-18-35(27-10-4-3-5-11-27)16-19-37(20-17-35)34(40)26-8-6-7-9-26/h3-5,10-11,14-15,24,26,28-30H,6-9,12-13,16-23H2,1-2H3/t28-,29+,30-. The number of aromatic nitrogens is 2. The number of carbonyl (C=O) groups excluding carboxylic acids is 1. The van der Waals surface area contributed by atoms with E-state index in [2.05, 4.69) is 51.6 Å². The fourth-order valence-corrected chi connectivity index (χ4v) is 9.76. The molecular formula is C35H46N4O3S. The smallest absolute Gasteiger partial charge is 0.225 e. The lowest BCUT2D eigenvalue weighted by atomic mass is 9.70. The van der Waals surface area contributed by atoms with Crippen molar-refractivity contribution in [3.8, 4) is 0 Å². The Morgan fingerprint density at radius 2 is 1.60 bits per heavy atom. The van der Waals surface area contributed by atoms with Crippen LogP contribution in [0.1, 0.15) is 88.1 Å². The second-order valence-corrected chi connectivity index (χ2v) is 15.9. The third-order valence-corrected chi connectivity index (χ3v) is 12.6. The number of nitrogens with zero attached hydrogens (tertiary/aromatic N) is 4. The Kier molecular flexibility index (Phi) is 7.65. The van der Waals surface area contributed by atoms with Crippen LogP contribution >= 0.6 is 0 Å². The molecule has 7 rings (SSSR count). The molecule has 8 heteroatoms. The zero-order valence-corrected chi connectivity index (χ0v) is 26.6. The predicted molar refractivity (Wildman–Crippen MR) is 170 cm³/mol. The predicted octanol–water partition coefficient (Wildman–Crippen LogP) is 6.06. The topological polar surface area (TPSA) is 75.5 Å². The normalized spacial score (nSPS) is 26.4. The van der Waals surface area contributed by atoms with Crippen LogP contribution in [0.2, 0.25) is 0 Å². The molecule has 0 N–H and O–H groups in total. The number of likely N-dealkylation sites (tertiary alicyclic amines) is 1. The van der Waals surface area contributed by atoms with Gasteiger partial charge in [-0.1, -0.05) is 43.2 Å². The van der Waals surface area contributed by atoms with Crippen LogP contribution in [0.4, 0.5) is 0 Å². The summed E-state index contributed by atoms with van der Waals surface area (Å²) in [6.07, 6.45) is 13.8. The third kappa shape index (κ3) is 5.43. The van der Waals surface area contributed by atoms with Crippen molar-refractivity contribution in [2.75, 3.05) is 25.9 Å². The highest BCUT2D eigenvalue weighted by Crippen LogP contribution is 2.45. The largest absolute Gasteiger partial charge is 0.342 e.